The molecule has 1 aliphatic rings. The fourth-order valence-corrected chi connectivity index (χ4v) is 5.53. The molecular weight excluding hydrogens is 450 g/mol. The molecule has 34 heavy (non-hydrogen) atoms. The van der Waals surface area contributed by atoms with E-state index in [-0.39, 0.29) is 36.1 Å². The number of hydrogen-bond donors (Lipinski definition) is 0. The predicted octanol–water partition coefficient (Wildman–Crippen LogP) is 3.81. The van der Waals surface area contributed by atoms with Crippen LogP contribution < -0.4 is 0 Å². The van der Waals surface area contributed by atoms with Gasteiger partial charge in [0.25, 0.3) is 0 Å². The van der Waals surface area contributed by atoms with Gasteiger partial charge in [-0.25, -0.2) is 8.42 Å². The summed E-state index contributed by atoms with van der Waals surface area (Å²) in [5.74, 6) is 0.114. The molecule has 0 saturated carbocycles. The van der Waals surface area contributed by atoms with Crippen molar-refractivity contribution < 1.29 is 18.0 Å². The lowest BCUT2D eigenvalue weighted by atomic mass is 10.0. The maximum Gasteiger partial charge on any atom is 0.238 e. The molecule has 1 aromatic carbocycles. The van der Waals surface area contributed by atoms with Crippen molar-refractivity contribution in [3.8, 4) is 0 Å². The van der Waals surface area contributed by atoms with Gasteiger partial charge >= 0.3 is 0 Å². The average molecular weight is 494 g/mol. The van der Waals surface area contributed by atoms with E-state index in [1.807, 2.05) is 54.8 Å². The SMILES string of the molecule is CCCCC(=O)N1CCC(N(Cc2ccc(C)cc2)C(=O)CN(CC(C)C)S(=O)(=O)CC)CC1. The van der Waals surface area contributed by atoms with E-state index in [4.69, 9.17) is 0 Å². The molecule has 192 valence electrons. The number of benzene rings is 1. The number of piperidine rings is 1. The summed E-state index contributed by atoms with van der Waals surface area (Å²) in [4.78, 5) is 29.8. The molecule has 1 saturated heterocycles. The molecule has 8 heteroatoms. The van der Waals surface area contributed by atoms with Crippen LogP contribution in [0.15, 0.2) is 24.3 Å². The van der Waals surface area contributed by atoms with E-state index < -0.39 is 10.0 Å². The third kappa shape index (κ3) is 8.38. The van der Waals surface area contributed by atoms with E-state index in [9.17, 15) is 18.0 Å². The van der Waals surface area contributed by atoms with Crippen molar-refractivity contribution in [2.75, 3.05) is 31.9 Å². The van der Waals surface area contributed by atoms with Crippen molar-refractivity contribution in [2.24, 2.45) is 5.92 Å². The fourth-order valence-electron chi connectivity index (χ4n) is 4.33. The van der Waals surface area contributed by atoms with Crippen LogP contribution in [0, 0.1) is 12.8 Å². The van der Waals surface area contributed by atoms with Crippen LogP contribution in [-0.2, 0) is 26.2 Å². The van der Waals surface area contributed by atoms with Gasteiger partial charge in [0.1, 0.15) is 0 Å². The summed E-state index contributed by atoms with van der Waals surface area (Å²) in [7, 11) is -3.49. The summed E-state index contributed by atoms with van der Waals surface area (Å²) < 4.78 is 26.7. The molecule has 0 aromatic heterocycles. The van der Waals surface area contributed by atoms with Crippen LogP contribution in [0.25, 0.3) is 0 Å². The lowest BCUT2D eigenvalue weighted by molar-refractivity contribution is -0.137. The Balaban J connectivity index is 2.19. The maximum absolute atomic E-state index is 13.6. The fraction of sp³-hybridized carbons (Fsp3) is 0.692. The first-order valence-electron chi connectivity index (χ1n) is 12.7. The van der Waals surface area contributed by atoms with Gasteiger partial charge in [0, 0.05) is 38.6 Å². The maximum atomic E-state index is 13.6. The second-order valence-electron chi connectivity index (χ2n) is 9.81. The highest BCUT2D eigenvalue weighted by Gasteiger charge is 2.32. The number of aryl methyl sites for hydroxylation is 1. The van der Waals surface area contributed by atoms with Crippen LogP contribution in [0.5, 0.6) is 0 Å². The highest BCUT2D eigenvalue weighted by atomic mass is 32.2. The molecule has 2 rings (SSSR count). The second kappa shape index (κ2) is 13.2. The minimum Gasteiger partial charge on any atom is -0.343 e. The molecule has 0 radical (unpaired) electrons. The molecule has 1 aliphatic heterocycles. The lowest BCUT2D eigenvalue weighted by Gasteiger charge is -2.39. The Labute approximate surface area is 206 Å². The molecule has 1 fully saturated rings. The molecule has 0 spiro atoms. The molecule has 2 amide bonds. The predicted molar refractivity (Wildman–Crippen MR) is 137 cm³/mol. The lowest BCUT2D eigenvalue weighted by Crippen LogP contribution is -2.51. The zero-order valence-corrected chi connectivity index (χ0v) is 22.4. The summed E-state index contributed by atoms with van der Waals surface area (Å²) in [5, 5.41) is 0. The van der Waals surface area contributed by atoms with Gasteiger partial charge in [0.05, 0.1) is 12.3 Å². The van der Waals surface area contributed by atoms with E-state index >= 15 is 0 Å². The number of carbonyl (C=O) groups is 2. The van der Waals surface area contributed by atoms with Crippen molar-refractivity contribution >= 4 is 21.8 Å². The summed E-state index contributed by atoms with van der Waals surface area (Å²) >= 11 is 0. The topological polar surface area (TPSA) is 78.0 Å². The van der Waals surface area contributed by atoms with Crippen LogP contribution in [0.4, 0.5) is 0 Å². The Kier molecular flexibility index (Phi) is 11.0. The number of sulfonamides is 1. The van der Waals surface area contributed by atoms with Gasteiger partial charge < -0.3 is 9.80 Å². The number of carbonyl (C=O) groups excluding carboxylic acids is 2. The summed E-state index contributed by atoms with van der Waals surface area (Å²) in [5.41, 5.74) is 2.17. The van der Waals surface area contributed by atoms with Crippen LogP contribution >= 0.6 is 0 Å². The molecule has 1 heterocycles. The van der Waals surface area contributed by atoms with Crippen molar-refractivity contribution in [1.29, 1.82) is 0 Å². The number of hydrogen-bond acceptors (Lipinski definition) is 4. The molecule has 0 atom stereocenters. The van der Waals surface area contributed by atoms with Gasteiger partial charge in [-0.15, -0.1) is 0 Å². The quantitative estimate of drug-likeness (QED) is 0.444. The van der Waals surface area contributed by atoms with E-state index in [2.05, 4.69) is 6.92 Å². The third-order valence-electron chi connectivity index (χ3n) is 6.43. The van der Waals surface area contributed by atoms with Gasteiger partial charge in [-0.05, 0) is 44.6 Å². The molecule has 0 aliphatic carbocycles. The largest absolute Gasteiger partial charge is 0.343 e. The van der Waals surface area contributed by atoms with Crippen LogP contribution in [0.3, 0.4) is 0 Å². The first kappa shape index (κ1) is 28.3. The molecule has 0 bridgehead atoms. The molecular formula is C26H43N3O4S. The van der Waals surface area contributed by atoms with Crippen LogP contribution in [0.2, 0.25) is 0 Å². The van der Waals surface area contributed by atoms with Crippen LogP contribution in [0.1, 0.15) is 70.9 Å². The molecule has 7 nitrogen and oxygen atoms in total. The zero-order chi connectivity index (χ0) is 25.3. The summed E-state index contributed by atoms with van der Waals surface area (Å²) in [6.07, 6.45) is 3.88. The first-order chi connectivity index (χ1) is 16.1. The number of unbranched alkanes of at least 4 members (excludes halogenated alkanes) is 1. The Morgan fingerprint density at radius 2 is 1.71 bits per heavy atom. The van der Waals surface area contributed by atoms with Gasteiger partial charge in [-0.2, -0.15) is 4.31 Å². The number of amides is 2. The molecule has 1 aromatic rings. The monoisotopic (exact) mass is 493 g/mol. The number of likely N-dealkylation sites (tertiary alicyclic amines) is 1. The Bertz CT molecular complexity index is 891. The van der Waals surface area contributed by atoms with E-state index in [1.165, 1.54) is 4.31 Å². The van der Waals surface area contributed by atoms with Crippen LogP contribution in [-0.4, -0.2) is 72.3 Å². The Hall–Kier alpha value is -1.93. The molecule has 0 unspecified atom stereocenters. The zero-order valence-electron chi connectivity index (χ0n) is 21.6. The highest BCUT2D eigenvalue weighted by Crippen LogP contribution is 2.22. The molecule has 0 N–H and O–H groups in total. The normalized spacial score (nSPS) is 15.2. The minimum absolute atomic E-state index is 0.0192. The standard InChI is InChI=1S/C26H43N3O4S/c1-6-8-9-25(30)27-16-14-24(15-17-27)29(19-23-12-10-22(5)11-13-23)26(31)20-28(18-21(3)4)34(32,33)7-2/h10-13,21,24H,6-9,14-20H2,1-5H3. The Morgan fingerprint density at radius 3 is 2.24 bits per heavy atom. The summed E-state index contributed by atoms with van der Waals surface area (Å²) in [6.45, 7) is 11.5. The number of nitrogens with zero attached hydrogens (tertiary/aromatic N) is 3. The smallest absolute Gasteiger partial charge is 0.238 e. The van der Waals surface area contributed by atoms with Gasteiger partial charge in [-0.1, -0.05) is 57.0 Å². The number of rotatable bonds is 12. The average Bonchev–Trinajstić information content (AvgIpc) is 2.81. The van der Waals surface area contributed by atoms with Crippen molar-refractivity contribution in [2.45, 2.75) is 79.3 Å². The van der Waals surface area contributed by atoms with Gasteiger partial charge in [-0.3, -0.25) is 9.59 Å². The van der Waals surface area contributed by atoms with Crippen molar-refractivity contribution in [3.05, 3.63) is 35.4 Å². The van der Waals surface area contributed by atoms with Crippen molar-refractivity contribution in [3.63, 3.8) is 0 Å². The Morgan fingerprint density at radius 1 is 1.09 bits per heavy atom. The van der Waals surface area contributed by atoms with E-state index in [1.54, 1.807) is 6.92 Å². The highest BCUT2D eigenvalue weighted by molar-refractivity contribution is 7.89. The second-order valence-corrected chi connectivity index (χ2v) is 12.1. The van der Waals surface area contributed by atoms with Crippen molar-refractivity contribution in [1.82, 2.24) is 14.1 Å². The first-order valence-corrected chi connectivity index (χ1v) is 14.3. The summed E-state index contributed by atoms with van der Waals surface area (Å²) in [6, 6.07) is 8.08. The third-order valence-corrected chi connectivity index (χ3v) is 8.23. The van der Waals surface area contributed by atoms with Gasteiger partial charge in [0.2, 0.25) is 21.8 Å². The van der Waals surface area contributed by atoms with E-state index in [0.717, 1.165) is 24.0 Å². The minimum atomic E-state index is -3.49. The van der Waals surface area contributed by atoms with Gasteiger partial charge in [0.15, 0.2) is 0 Å². The van der Waals surface area contributed by atoms with E-state index in [0.29, 0.717) is 45.4 Å².